The molecule has 0 saturated carbocycles. The van der Waals surface area contributed by atoms with Gasteiger partial charge in [0.05, 0.1) is 16.6 Å². The zero-order valence-corrected chi connectivity index (χ0v) is 17.5. The van der Waals surface area contributed by atoms with Crippen molar-refractivity contribution < 1.29 is 13.2 Å². The minimum absolute atomic E-state index is 0.0810. The van der Waals surface area contributed by atoms with Crippen molar-refractivity contribution in [3.05, 3.63) is 50.9 Å². The summed E-state index contributed by atoms with van der Waals surface area (Å²) in [4.78, 5) is 31.1. The molecule has 8 nitrogen and oxygen atoms in total. The summed E-state index contributed by atoms with van der Waals surface area (Å²) in [6.07, 6.45) is 1.35. The highest BCUT2D eigenvalue weighted by molar-refractivity contribution is 7.89. The fourth-order valence-corrected chi connectivity index (χ4v) is 4.80. The van der Waals surface area contributed by atoms with E-state index in [9.17, 15) is 18.0 Å². The first kappa shape index (κ1) is 20.2. The molecular weight excluding hydrogens is 400 g/mol. The molecule has 0 atom stereocenters. The molecule has 2 aromatic heterocycles. The predicted molar refractivity (Wildman–Crippen MR) is 109 cm³/mol. The summed E-state index contributed by atoms with van der Waals surface area (Å²) in [6, 6.07) is 4.60. The maximum Gasteiger partial charge on any atom is 0.262 e. The first-order chi connectivity index (χ1) is 13.1. The van der Waals surface area contributed by atoms with Crippen LogP contribution >= 0.6 is 11.3 Å². The molecule has 1 amide bonds. The Kier molecular flexibility index (Phi) is 5.37. The third kappa shape index (κ3) is 3.71. The van der Waals surface area contributed by atoms with Crippen LogP contribution in [-0.2, 0) is 21.4 Å². The number of aromatic nitrogens is 2. The van der Waals surface area contributed by atoms with Gasteiger partial charge in [-0.1, -0.05) is 6.07 Å². The number of aryl methyl sites for hydroxylation is 3. The Morgan fingerprint density at radius 2 is 1.96 bits per heavy atom. The van der Waals surface area contributed by atoms with Crippen LogP contribution in [0.3, 0.4) is 0 Å². The van der Waals surface area contributed by atoms with Gasteiger partial charge in [0.2, 0.25) is 15.9 Å². The lowest BCUT2D eigenvalue weighted by Gasteiger charge is -2.11. The molecule has 0 radical (unpaired) electrons. The van der Waals surface area contributed by atoms with Crippen molar-refractivity contribution in [2.75, 3.05) is 12.4 Å². The SMILES string of the molecule is CNS(=O)(=O)c1cc(NC(=O)Cn2cnc3sc(C)c(C)c3c2=O)ccc1C. The van der Waals surface area contributed by atoms with Gasteiger partial charge in [0.15, 0.2) is 0 Å². The van der Waals surface area contributed by atoms with Crippen molar-refractivity contribution in [3.8, 4) is 0 Å². The van der Waals surface area contributed by atoms with Gasteiger partial charge in [0, 0.05) is 10.6 Å². The number of thiophene rings is 1. The summed E-state index contributed by atoms with van der Waals surface area (Å²) in [7, 11) is -2.32. The topological polar surface area (TPSA) is 110 Å². The molecule has 3 rings (SSSR count). The lowest BCUT2D eigenvalue weighted by atomic mass is 10.2. The number of hydrogen-bond acceptors (Lipinski definition) is 6. The average Bonchev–Trinajstić information content (AvgIpc) is 2.94. The van der Waals surface area contributed by atoms with Crippen molar-refractivity contribution in [3.63, 3.8) is 0 Å². The van der Waals surface area contributed by atoms with E-state index in [2.05, 4.69) is 15.0 Å². The number of amides is 1. The van der Waals surface area contributed by atoms with E-state index in [4.69, 9.17) is 0 Å². The van der Waals surface area contributed by atoms with E-state index in [1.165, 1.54) is 35.3 Å². The molecule has 0 aliphatic heterocycles. The number of benzene rings is 1. The zero-order chi connectivity index (χ0) is 20.6. The Hall–Kier alpha value is -2.56. The van der Waals surface area contributed by atoms with E-state index in [-0.39, 0.29) is 17.0 Å². The second-order valence-corrected chi connectivity index (χ2v) is 9.44. The number of nitrogens with one attached hydrogen (secondary N) is 2. The molecule has 0 aliphatic rings. The van der Waals surface area contributed by atoms with E-state index < -0.39 is 15.9 Å². The van der Waals surface area contributed by atoms with Gasteiger partial charge in [-0.25, -0.2) is 18.1 Å². The second kappa shape index (κ2) is 7.46. The van der Waals surface area contributed by atoms with Crippen LogP contribution in [0, 0.1) is 20.8 Å². The number of sulfonamides is 1. The lowest BCUT2D eigenvalue weighted by Crippen LogP contribution is -2.28. The molecule has 2 heterocycles. The van der Waals surface area contributed by atoms with Crippen LogP contribution in [0.2, 0.25) is 0 Å². The maximum atomic E-state index is 12.7. The van der Waals surface area contributed by atoms with Crippen LogP contribution in [0.15, 0.2) is 34.2 Å². The maximum absolute atomic E-state index is 12.7. The van der Waals surface area contributed by atoms with E-state index in [1.807, 2.05) is 13.8 Å². The number of carbonyl (C=O) groups excluding carboxylic acids is 1. The van der Waals surface area contributed by atoms with Gasteiger partial charge in [-0.2, -0.15) is 0 Å². The summed E-state index contributed by atoms with van der Waals surface area (Å²) < 4.78 is 27.7. The number of rotatable bonds is 5. The smallest absolute Gasteiger partial charge is 0.262 e. The van der Waals surface area contributed by atoms with E-state index in [1.54, 1.807) is 19.1 Å². The van der Waals surface area contributed by atoms with Crippen LogP contribution in [-0.4, -0.2) is 30.9 Å². The Balaban J connectivity index is 1.87. The van der Waals surface area contributed by atoms with E-state index in [0.29, 0.717) is 21.5 Å². The molecule has 0 fully saturated rings. The molecule has 3 aromatic rings. The molecule has 0 saturated heterocycles. The Labute approximate surface area is 166 Å². The van der Waals surface area contributed by atoms with Gasteiger partial charge in [0.25, 0.3) is 5.56 Å². The molecule has 0 unspecified atom stereocenters. The summed E-state index contributed by atoms with van der Waals surface area (Å²) >= 11 is 1.44. The summed E-state index contributed by atoms with van der Waals surface area (Å²) in [5.41, 5.74) is 1.48. The van der Waals surface area contributed by atoms with E-state index >= 15 is 0 Å². The molecule has 0 spiro atoms. The normalized spacial score (nSPS) is 11.7. The van der Waals surface area contributed by atoms with Crippen molar-refractivity contribution in [2.24, 2.45) is 0 Å². The van der Waals surface area contributed by atoms with Crippen LogP contribution in [0.25, 0.3) is 10.2 Å². The first-order valence-electron chi connectivity index (χ1n) is 8.43. The number of anilines is 1. The van der Waals surface area contributed by atoms with Gasteiger partial charge in [-0.05, 0) is 51.1 Å². The Morgan fingerprint density at radius 3 is 2.64 bits per heavy atom. The van der Waals surface area contributed by atoms with Crippen LogP contribution in [0.1, 0.15) is 16.0 Å². The molecular formula is C18H20N4O4S2. The molecule has 0 aliphatic carbocycles. The second-order valence-electron chi connectivity index (χ2n) is 6.38. The standard InChI is InChI=1S/C18H20N4O4S2/c1-10-5-6-13(7-14(10)28(25,26)19-4)21-15(23)8-22-9-20-17-16(18(22)24)11(2)12(3)27-17/h5-7,9,19H,8H2,1-4H3,(H,21,23). The van der Waals surface area contributed by atoms with Gasteiger partial charge < -0.3 is 5.32 Å². The Bertz CT molecular complexity index is 1240. The average molecular weight is 421 g/mol. The van der Waals surface area contributed by atoms with Gasteiger partial charge in [0.1, 0.15) is 11.4 Å². The lowest BCUT2D eigenvalue weighted by molar-refractivity contribution is -0.116. The molecule has 148 valence electrons. The predicted octanol–water partition coefficient (Wildman–Crippen LogP) is 1.93. The van der Waals surface area contributed by atoms with Crippen LogP contribution in [0.5, 0.6) is 0 Å². The molecule has 0 bridgehead atoms. The third-order valence-electron chi connectivity index (χ3n) is 4.50. The molecule has 28 heavy (non-hydrogen) atoms. The van der Waals surface area contributed by atoms with E-state index in [0.717, 1.165) is 10.4 Å². The largest absolute Gasteiger partial charge is 0.324 e. The van der Waals surface area contributed by atoms with Crippen LogP contribution < -0.4 is 15.6 Å². The fraction of sp³-hybridized carbons (Fsp3) is 0.278. The molecule has 1 aromatic carbocycles. The molecule has 10 heteroatoms. The minimum Gasteiger partial charge on any atom is -0.324 e. The summed E-state index contributed by atoms with van der Waals surface area (Å²) in [6.45, 7) is 5.23. The number of carbonyl (C=O) groups is 1. The summed E-state index contributed by atoms with van der Waals surface area (Å²) in [5.74, 6) is -0.454. The Morgan fingerprint density at radius 1 is 1.25 bits per heavy atom. The molecule has 2 N–H and O–H groups in total. The quantitative estimate of drug-likeness (QED) is 0.655. The van der Waals surface area contributed by atoms with Crippen molar-refractivity contribution in [1.29, 1.82) is 0 Å². The number of hydrogen-bond donors (Lipinski definition) is 2. The highest BCUT2D eigenvalue weighted by Crippen LogP contribution is 2.25. The van der Waals surface area contributed by atoms with Gasteiger partial charge in [-0.3, -0.25) is 14.2 Å². The van der Waals surface area contributed by atoms with Crippen molar-refractivity contribution >= 4 is 43.2 Å². The van der Waals surface area contributed by atoms with Crippen molar-refractivity contribution in [2.45, 2.75) is 32.2 Å². The number of fused-ring (bicyclic) bond motifs is 1. The monoisotopic (exact) mass is 420 g/mol. The first-order valence-corrected chi connectivity index (χ1v) is 10.7. The van der Waals surface area contributed by atoms with Gasteiger partial charge in [-0.15, -0.1) is 11.3 Å². The minimum atomic E-state index is -3.64. The van der Waals surface area contributed by atoms with Crippen molar-refractivity contribution in [1.82, 2.24) is 14.3 Å². The fourth-order valence-electron chi connectivity index (χ4n) is 2.82. The third-order valence-corrected chi connectivity index (χ3v) is 7.17. The highest BCUT2D eigenvalue weighted by atomic mass is 32.2. The van der Waals surface area contributed by atoms with Gasteiger partial charge >= 0.3 is 0 Å². The van der Waals surface area contributed by atoms with Crippen LogP contribution in [0.4, 0.5) is 5.69 Å². The zero-order valence-electron chi connectivity index (χ0n) is 15.9. The highest BCUT2D eigenvalue weighted by Gasteiger charge is 2.17. The number of nitrogens with zero attached hydrogens (tertiary/aromatic N) is 2. The summed E-state index contributed by atoms with van der Waals surface area (Å²) in [5, 5.41) is 3.16.